The average Bonchev–Trinajstić information content (AvgIpc) is 2.43. The van der Waals surface area contributed by atoms with Gasteiger partial charge >= 0.3 is 0 Å². The van der Waals surface area contributed by atoms with Crippen molar-refractivity contribution in [2.24, 2.45) is 5.73 Å². The van der Waals surface area contributed by atoms with Crippen molar-refractivity contribution in [3.8, 4) is 0 Å². The number of hydrogen-bond acceptors (Lipinski definition) is 4. The molecule has 1 heterocycles. The van der Waals surface area contributed by atoms with Gasteiger partial charge in [0.1, 0.15) is 0 Å². The van der Waals surface area contributed by atoms with E-state index in [4.69, 9.17) is 5.73 Å². The molecule has 5 heteroatoms. The summed E-state index contributed by atoms with van der Waals surface area (Å²) < 4.78 is 0. The summed E-state index contributed by atoms with van der Waals surface area (Å²) in [7, 11) is 1.82. The molecular weight excluding hydrogens is 242 g/mol. The Morgan fingerprint density at radius 1 is 1.47 bits per heavy atom. The fraction of sp³-hybridized carbons (Fsp3) is 0.500. The minimum Gasteiger partial charge on any atom is -0.390 e. The lowest BCUT2D eigenvalue weighted by molar-refractivity contribution is -0.118. The predicted octanol–water partition coefficient (Wildman–Crippen LogP) is 0.00480. The number of rotatable bonds is 5. The van der Waals surface area contributed by atoms with Crippen molar-refractivity contribution in [3.63, 3.8) is 0 Å². The number of anilines is 1. The fourth-order valence-electron chi connectivity index (χ4n) is 2.29. The van der Waals surface area contributed by atoms with Gasteiger partial charge in [0.15, 0.2) is 0 Å². The van der Waals surface area contributed by atoms with E-state index >= 15 is 0 Å². The largest absolute Gasteiger partial charge is 0.390 e. The number of benzene rings is 1. The van der Waals surface area contributed by atoms with Gasteiger partial charge in [0.05, 0.1) is 6.10 Å². The Morgan fingerprint density at radius 3 is 3.00 bits per heavy atom. The molecule has 104 valence electrons. The molecule has 0 aliphatic carbocycles. The minimum atomic E-state index is -0.499. The van der Waals surface area contributed by atoms with Crippen molar-refractivity contribution >= 4 is 11.6 Å². The lowest BCUT2D eigenvalue weighted by atomic mass is 9.99. The molecule has 0 saturated heterocycles. The Morgan fingerprint density at radius 2 is 2.26 bits per heavy atom. The van der Waals surface area contributed by atoms with Crippen LogP contribution in [0.3, 0.4) is 0 Å². The summed E-state index contributed by atoms with van der Waals surface area (Å²) in [5.41, 5.74) is 8.71. The molecule has 1 aromatic rings. The van der Waals surface area contributed by atoms with E-state index in [2.05, 4.69) is 11.4 Å². The predicted molar refractivity (Wildman–Crippen MR) is 74.9 cm³/mol. The average molecular weight is 263 g/mol. The lowest BCUT2D eigenvalue weighted by Crippen LogP contribution is -2.32. The van der Waals surface area contributed by atoms with Gasteiger partial charge in [-0.05, 0) is 23.6 Å². The normalized spacial score (nSPS) is 16.4. The van der Waals surface area contributed by atoms with Crippen molar-refractivity contribution in [2.75, 3.05) is 25.0 Å². The summed E-state index contributed by atoms with van der Waals surface area (Å²) in [6, 6.07) is 6.12. The van der Waals surface area contributed by atoms with Gasteiger partial charge in [0, 0.05) is 38.8 Å². The lowest BCUT2D eigenvalue weighted by Gasteiger charge is -2.26. The molecule has 0 saturated carbocycles. The Bertz CT molecular complexity index is 462. The number of nitrogens with one attached hydrogen (secondary N) is 1. The number of aliphatic hydroxyl groups is 1. The first-order valence-electron chi connectivity index (χ1n) is 6.59. The molecule has 0 aromatic heterocycles. The Kier molecular flexibility index (Phi) is 4.52. The highest BCUT2D eigenvalue weighted by Gasteiger charge is 2.20. The van der Waals surface area contributed by atoms with E-state index in [-0.39, 0.29) is 12.5 Å². The number of nitrogens with two attached hydrogens (primary N) is 1. The highest BCUT2D eigenvalue weighted by atomic mass is 16.3. The van der Waals surface area contributed by atoms with Crippen LogP contribution in [0.4, 0.5) is 5.69 Å². The van der Waals surface area contributed by atoms with E-state index in [1.807, 2.05) is 19.2 Å². The summed E-state index contributed by atoms with van der Waals surface area (Å²) in [5.74, 6) is 0.171. The summed E-state index contributed by atoms with van der Waals surface area (Å²) >= 11 is 0. The second kappa shape index (κ2) is 6.14. The van der Waals surface area contributed by atoms with Gasteiger partial charge in [-0.3, -0.25) is 4.79 Å². The number of aliphatic hydroxyl groups excluding tert-OH is 1. The number of amides is 1. The summed E-state index contributed by atoms with van der Waals surface area (Å²) in [4.78, 5) is 13.3. The number of aryl methyl sites for hydroxylation is 1. The van der Waals surface area contributed by atoms with Crippen LogP contribution in [0, 0.1) is 0 Å². The molecule has 0 spiro atoms. The Hall–Kier alpha value is -1.43. The van der Waals surface area contributed by atoms with Crippen molar-refractivity contribution in [2.45, 2.75) is 25.5 Å². The van der Waals surface area contributed by atoms with Crippen LogP contribution < -0.4 is 16.0 Å². The number of nitrogens with zero attached hydrogens (tertiary/aromatic N) is 1. The van der Waals surface area contributed by atoms with E-state index in [1.54, 1.807) is 4.90 Å². The van der Waals surface area contributed by atoms with Gasteiger partial charge in [0.25, 0.3) is 0 Å². The van der Waals surface area contributed by atoms with Crippen LogP contribution in [0.15, 0.2) is 18.2 Å². The van der Waals surface area contributed by atoms with Gasteiger partial charge in [-0.2, -0.15) is 0 Å². The van der Waals surface area contributed by atoms with E-state index in [1.165, 1.54) is 5.56 Å². The molecule has 1 aliphatic rings. The molecule has 1 amide bonds. The maximum Gasteiger partial charge on any atom is 0.227 e. The molecule has 5 nitrogen and oxygen atoms in total. The van der Waals surface area contributed by atoms with Crippen molar-refractivity contribution in [1.29, 1.82) is 0 Å². The SMILES string of the molecule is CN1C(=O)CCc2cc(CNCC(O)CN)ccc21. The van der Waals surface area contributed by atoms with Gasteiger partial charge < -0.3 is 21.1 Å². The maximum atomic E-state index is 11.6. The van der Waals surface area contributed by atoms with E-state index < -0.39 is 6.10 Å². The third kappa shape index (κ3) is 3.32. The first-order valence-corrected chi connectivity index (χ1v) is 6.59. The summed E-state index contributed by atoms with van der Waals surface area (Å²) in [5, 5.41) is 12.5. The monoisotopic (exact) mass is 263 g/mol. The molecule has 1 unspecified atom stereocenters. The first-order chi connectivity index (χ1) is 9.11. The summed E-state index contributed by atoms with van der Waals surface area (Å²) in [6.07, 6.45) is 0.880. The van der Waals surface area contributed by atoms with Crippen LogP contribution >= 0.6 is 0 Å². The van der Waals surface area contributed by atoms with E-state index in [0.29, 0.717) is 19.5 Å². The number of carbonyl (C=O) groups excluding carboxylic acids is 1. The molecule has 4 N–H and O–H groups in total. The molecule has 19 heavy (non-hydrogen) atoms. The highest BCUT2D eigenvalue weighted by Crippen LogP contribution is 2.27. The fourth-order valence-corrected chi connectivity index (χ4v) is 2.29. The molecule has 0 radical (unpaired) electrons. The van der Waals surface area contributed by atoms with Crippen LogP contribution in [0.5, 0.6) is 0 Å². The van der Waals surface area contributed by atoms with Crippen LogP contribution in [-0.4, -0.2) is 37.3 Å². The standard InChI is InChI=1S/C14H21N3O2/c1-17-13-4-2-10(8-16-9-12(18)7-15)6-11(13)3-5-14(17)19/h2,4,6,12,16,18H,3,5,7-9,15H2,1H3. The van der Waals surface area contributed by atoms with Gasteiger partial charge in [-0.15, -0.1) is 0 Å². The highest BCUT2D eigenvalue weighted by molar-refractivity contribution is 5.95. The third-order valence-corrected chi connectivity index (χ3v) is 3.47. The van der Waals surface area contributed by atoms with Crippen LogP contribution in [-0.2, 0) is 17.8 Å². The Balaban J connectivity index is 1.99. The Labute approximate surface area is 113 Å². The molecule has 1 aliphatic heterocycles. The van der Waals surface area contributed by atoms with Gasteiger partial charge in [0.2, 0.25) is 5.91 Å². The van der Waals surface area contributed by atoms with Crippen molar-refractivity contribution in [1.82, 2.24) is 5.32 Å². The van der Waals surface area contributed by atoms with Crippen molar-refractivity contribution < 1.29 is 9.90 Å². The molecule has 2 rings (SSSR count). The van der Waals surface area contributed by atoms with Crippen LogP contribution in [0.2, 0.25) is 0 Å². The smallest absolute Gasteiger partial charge is 0.227 e. The minimum absolute atomic E-state index is 0.171. The van der Waals surface area contributed by atoms with Crippen LogP contribution in [0.1, 0.15) is 17.5 Å². The number of carbonyl (C=O) groups is 1. The van der Waals surface area contributed by atoms with E-state index in [9.17, 15) is 9.90 Å². The number of hydrogen-bond donors (Lipinski definition) is 3. The van der Waals surface area contributed by atoms with Gasteiger partial charge in [-0.1, -0.05) is 12.1 Å². The molecule has 1 aromatic carbocycles. The quantitative estimate of drug-likeness (QED) is 0.699. The topological polar surface area (TPSA) is 78.6 Å². The molecule has 0 fully saturated rings. The molecule has 0 bridgehead atoms. The molecule has 1 atom stereocenters. The first kappa shape index (κ1) is 14.0. The zero-order chi connectivity index (χ0) is 13.8. The van der Waals surface area contributed by atoms with Crippen LogP contribution in [0.25, 0.3) is 0 Å². The second-order valence-corrected chi connectivity index (χ2v) is 4.94. The molecular formula is C14H21N3O2. The number of fused-ring (bicyclic) bond motifs is 1. The zero-order valence-corrected chi connectivity index (χ0v) is 11.2. The van der Waals surface area contributed by atoms with Crippen molar-refractivity contribution in [3.05, 3.63) is 29.3 Å². The van der Waals surface area contributed by atoms with E-state index in [0.717, 1.165) is 17.7 Å². The zero-order valence-electron chi connectivity index (χ0n) is 11.2. The maximum absolute atomic E-state index is 11.6. The summed E-state index contributed by atoms with van der Waals surface area (Å²) in [6.45, 7) is 1.46. The van der Waals surface area contributed by atoms with Gasteiger partial charge in [-0.25, -0.2) is 0 Å². The third-order valence-electron chi connectivity index (χ3n) is 3.47. The second-order valence-electron chi connectivity index (χ2n) is 4.94.